The lowest BCUT2D eigenvalue weighted by Crippen LogP contribution is -2.27. The van der Waals surface area contributed by atoms with Crippen molar-refractivity contribution in [3.8, 4) is 17.2 Å². The number of methoxy groups -OCH3 is 1. The van der Waals surface area contributed by atoms with Crippen LogP contribution in [0.1, 0.15) is 23.9 Å². The van der Waals surface area contributed by atoms with Gasteiger partial charge in [-0.3, -0.25) is 9.36 Å². The number of halogens is 1. The lowest BCUT2D eigenvalue weighted by atomic mass is 10.2. The number of rotatable bonds is 10. The molecule has 11 heteroatoms. The van der Waals surface area contributed by atoms with E-state index in [1.54, 1.807) is 19.1 Å². The van der Waals surface area contributed by atoms with Gasteiger partial charge in [0.25, 0.3) is 5.91 Å². The monoisotopic (exact) mass is 642 g/mol. The number of nitrogens with zero attached hydrogens (tertiary/aromatic N) is 4. The standard InChI is InChI=1S/C27H27IN6O3S/c1-17-13-20(28)9-11-23(17)29-16-25-31-33-27(34(25)21-7-5-4-6-8-21)38-18(2)26(36)32-30-15-19-14-22(37-3)10-12-24(19)35/h4-15,18,29,35H,16H2,1-3H3,(H,32,36). The summed E-state index contributed by atoms with van der Waals surface area (Å²) in [5.74, 6) is 1.01. The van der Waals surface area contributed by atoms with Crippen molar-refractivity contribution >= 4 is 52.2 Å². The second-order valence-corrected chi connectivity index (χ2v) is 10.9. The molecule has 0 aliphatic rings. The molecule has 0 saturated heterocycles. The molecule has 0 saturated carbocycles. The van der Waals surface area contributed by atoms with E-state index < -0.39 is 5.25 Å². The van der Waals surface area contributed by atoms with Crippen molar-refractivity contribution in [2.24, 2.45) is 5.10 Å². The number of hydrazone groups is 1. The van der Waals surface area contributed by atoms with Crippen molar-refractivity contribution in [1.29, 1.82) is 0 Å². The van der Waals surface area contributed by atoms with E-state index in [1.807, 2.05) is 41.0 Å². The first-order chi connectivity index (χ1) is 18.4. The highest BCUT2D eigenvalue weighted by atomic mass is 127. The van der Waals surface area contributed by atoms with E-state index in [1.165, 1.54) is 34.7 Å². The smallest absolute Gasteiger partial charge is 0.253 e. The summed E-state index contributed by atoms with van der Waals surface area (Å²) >= 11 is 3.58. The fourth-order valence-electron chi connectivity index (χ4n) is 3.56. The van der Waals surface area contributed by atoms with Gasteiger partial charge in [0, 0.05) is 20.5 Å². The maximum Gasteiger partial charge on any atom is 0.253 e. The Morgan fingerprint density at radius 2 is 1.97 bits per heavy atom. The highest BCUT2D eigenvalue weighted by molar-refractivity contribution is 14.1. The van der Waals surface area contributed by atoms with Crippen molar-refractivity contribution in [2.75, 3.05) is 12.4 Å². The van der Waals surface area contributed by atoms with Gasteiger partial charge in [-0.15, -0.1) is 10.2 Å². The number of aromatic hydroxyl groups is 1. The third kappa shape index (κ3) is 6.84. The Morgan fingerprint density at radius 3 is 2.71 bits per heavy atom. The Morgan fingerprint density at radius 1 is 1.18 bits per heavy atom. The number of nitrogens with one attached hydrogen (secondary N) is 2. The van der Waals surface area contributed by atoms with Crippen LogP contribution in [0.4, 0.5) is 5.69 Å². The summed E-state index contributed by atoms with van der Waals surface area (Å²) in [6.45, 7) is 4.29. The summed E-state index contributed by atoms with van der Waals surface area (Å²) in [5, 5.41) is 26.3. The lowest BCUT2D eigenvalue weighted by Gasteiger charge is -2.14. The van der Waals surface area contributed by atoms with Crippen LogP contribution in [0.15, 0.2) is 77.0 Å². The highest BCUT2D eigenvalue weighted by Gasteiger charge is 2.21. The van der Waals surface area contributed by atoms with Crippen LogP contribution in [0.2, 0.25) is 0 Å². The summed E-state index contributed by atoms with van der Waals surface area (Å²) < 4.78 is 8.28. The second-order valence-electron chi connectivity index (χ2n) is 8.30. The predicted octanol–water partition coefficient (Wildman–Crippen LogP) is 5.14. The SMILES string of the molecule is COc1ccc(O)c(C=NNC(=O)C(C)Sc2nnc(CNc3ccc(I)cc3C)n2-c2ccccc2)c1. The van der Waals surface area contributed by atoms with Gasteiger partial charge in [-0.25, -0.2) is 5.43 Å². The molecule has 0 aliphatic carbocycles. The van der Waals surface area contributed by atoms with E-state index in [4.69, 9.17) is 4.74 Å². The second kappa shape index (κ2) is 12.8. The Labute approximate surface area is 238 Å². The summed E-state index contributed by atoms with van der Waals surface area (Å²) in [4.78, 5) is 12.8. The number of thioether (sulfide) groups is 1. The van der Waals surface area contributed by atoms with E-state index in [9.17, 15) is 9.90 Å². The topological polar surface area (TPSA) is 114 Å². The zero-order chi connectivity index (χ0) is 27.1. The highest BCUT2D eigenvalue weighted by Crippen LogP contribution is 2.27. The number of phenols is 1. The number of para-hydroxylation sites is 1. The lowest BCUT2D eigenvalue weighted by molar-refractivity contribution is -0.120. The largest absolute Gasteiger partial charge is 0.507 e. The number of hydrogen-bond acceptors (Lipinski definition) is 8. The van der Waals surface area contributed by atoms with E-state index in [0.29, 0.717) is 23.0 Å². The quantitative estimate of drug-likeness (QED) is 0.0951. The Hall–Kier alpha value is -3.58. The number of hydrogen-bond donors (Lipinski definition) is 3. The van der Waals surface area contributed by atoms with E-state index in [-0.39, 0.29) is 11.7 Å². The zero-order valence-electron chi connectivity index (χ0n) is 21.1. The van der Waals surface area contributed by atoms with Gasteiger partial charge in [-0.2, -0.15) is 5.10 Å². The van der Waals surface area contributed by atoms with Crippen LogP contribution in [0.25, 0.3) is 5.69 Å². The van der Waals surface area contributed by atoms with Gasteiger partial charge >= 0.3 is 0 Å². The molecular weight excluding hydrogens is 615 g/mol. The molecule has 1 amide bonds. The molecule has 1 atom stereocenters. The number of carbonyl (C=O) groups excluding carboxylic acids is 1. The first-order valence-electron chi connectivity index (χ1n) is 11.7. The summed E-state index contributed by atoms with van der Waals surface area (Å²) in [6.07, 6.45) is 1.37. The molecule has 4 rings (SSSR count). The molecule has 0 fully saturated rings. The third-order valence-corrected chi connectivity index (χ3v) is 7.32. The van der Waals surface area contributed by atoms with Gasteiger partial charge in [-0.1, -0.05) is 30.0 Å². The van der Waals surface area contributed by atoms with Crippen LogP contribution >= 0.6 is 34.4 Å². The fraction of sp³-hybridized carbons (Fsp3) is 0.185. The van der Waals surface area contributed by atoms with Crippen molar-refractivity contribution in [3.63, 3.8) is 0 Å². The third-order valence-electron chi connectivity index (χ3n) is 5.60. The Kier molecular flexibility index (Phi) is 9.24. The van der Waals surface area contributed by atoms with Gasteiger partial charge in [-0.05, 0) is 90.5 Å². The van der Waals surface area contributed by atoms with Crippen molar-refractivity contribution in [1.82, 2.24) is 20.2 Å². The molecule has 4 aromatic rings. The maximum absolute atomic E-state index is 12.8. The van der Waals surface area contributed by atoms with Crippen LogP contribution < -0.4 is 15.5 Å². The van der Waals surface area contributed by atoms with Gasteiger partial charge in [0.1, 0.15) is 11.5 Å². The number of phenolic OH excluding ortho intramolecular Hbond substituents is 1. The summed E-state index contributed by atoms with van der Waals surface area (Å²) in [5.41, 5.74) is 6.02. The molecule has 1 aromatic heterocycles. The van der Waals surface area contributed by atoms with Crippen molar-refractivity contribution in [3.05, 3.63) is 87.3 Å². The molecule has 0 bridgehead atoms. The van der Waals surface area contributed by atoms with Crippen LogP contribution in [0.3, 0.4) is 0 Å². The Balaban J connectivity index is 1.48. The molecule has 3 N–H and O–H groups in total. The molecule has 0 spiro atoms. The van der Waals surface area contributed by atoms with Crippen molar-refractivity contribution in [2.45, 2.75) is 30.8 Å². The van der Waals surface area contributed by atoms with Crippen LogP contribution in [0.5, 0.6) is 11.5 Å². The van der Waals surface area contributed by atoms with E-state index in [2.05, 4.69) is 67.7 Å². The Bertz CT molecular complexity index is 1440. The zero-order valence-corrected chi connectivity index (χ0v) is 24.0. The van der Waals surface area contributed by atoms with Gasteiger partial charge in [0.05, 0.1) is 25.1 Å². The fourth-order valence-corrected chi connectivity index (χ4v) is 5.09. The van der Waals surface area contributed by atoms with E-state index in [0.717, 1.165) is 22.8 Å². The van der Waals surface area contributed by atoms with Crippen LogP contribution in [0, 0.1) is 10.5 Å². The first-order valence-corrected chi connectivity index (χ1v) is 13.7. The maximum atomic E-state index is 12.8. The molecule has 9 nitrogen and oxygen atoms in total. The number of aromatic nitrogens is 3. The number of benzene rings is 3. The molecule has 1 unspecified atom stereocenters. The number of amides is 1. The molecule has 0 radical (unpaired) electrons. The summed E-state index contributed by atoms with van der Waals surface area (Å²) in [7, 11) is 1.53. The number of anilines is 1. The molecule has 0 aliphatic heterocycles. The normalized spacial score (nSPS) is 11.9. The first kappa shape index (κ1) is 27.5. The molecule has 196 valence electrons. The predicted molar refractivity (Wildman–Crippen MR) is 158 cm³/mol. The number of carbonyl (C=O) groups is 1. The average Bonchev–Trinajstić information content (AvgIpc) is 3.31. The number of aryl methyl sites for hydroxylation is 1. The minimum atomic E-state index is -0.517. The minimum absolute atomic E-state index is 0.0313. The molecular formula is C27H27IN6O3S. The van der Waals surface area contributed by atoms with Crippen LogP contribution in [-0.4, -0.2) is 44.4 Å². The van der Waals surface area contributed by atoms with Crippen LogP contribution in [-0.2, 0) is 11.3 Å². The molecule has 1 heterocycles. The number of ether oxygens (including phenoxy) is 1. The van der Waals surface area contributed by atoms with Gasteiger partial charge in [0.15, 0.2) is 11.0 Å². The summed E-state index contributed by atoms with van der Waals surface area (Å²) in [6, 6.07) is 20.8. The van der Waals surface area contributed by atoms with E-state index >= 15 is 0 Å². The van der Waals surface area contributed by atoms with Gasteiger partial charge < -0.3 is 15.2 Å². The minimum Gasteiger partial charge on any atom is -0.507 e. The van der Waals surface area contributed by atoms with Gasteiger partial charge in [0.2, 0.25) is 0 Å². The molecule has 38 heavy (non-hydrogen) atoms. The molecule has 3 aromatic carbocycles. The average molecular weight is 643 g/mol. The van der Waals surface area contributed by atoms with Crippen molar-refractivity contribution < 1.29 is 14.6 Å².